The number of piperidine rings is 1. The molecule has 3 heterocycles. The first kappa shape index (κ1) is 26.6. The molecule has 4 rings (SSSR count). The van der Waals surface area contributed by atoms with Crippen LogP contribution in [-0.4, -0.2) is 71.6 Å². The molecule has 2 atom stereocenters. The highest BCUT2D eigenvalue weighted by Crippen LogP contribution is 2.40. The summed E-state index contributed by atoms with van der Waals surface area (Å²) in [6, 6.07) is 7.79. The van der Waals surface area contributed by atoms with Crippen LogP contribution in [0.1, 0.15) is 22.3 Å². The minimum absolute atomic E-state index is 0.0874. The topological polar surface area (TPSA) is 73.7 Å². The summed E-state index contributed by atoms with van der Waals surface area (Å²) in [5.74, 6) is 5.79. The number of rotatable bonds is 6. The number of benzene rings is 1. The molecule has 3 N–H and O–H groups in total. The summed E-state index contributed by atoms with van der Waals surface area (Å²) in [4.78, 5) is 17.8. The van der Waals surface area contributed by atoms with Gasteiger partial charge in [-0.25, -0.2) is 9.37 Å². The van der Waals surface area contributed by atoms with Crippen molar-refractivity contribution in [2.24, 2.45) is 0 Å². The van der Waals surface area contributed by atoms with Crippen LogP contribution < -0.4 is 16.0 Å². The number of thioether (sulfide) groups is 1. The maximum absolute atomic E-state index is 14.6. The van der Waals surface area contributed by atoms with Gasteiger partial charge >= 0.3 is 5.51 Å². The maximum atomic E-state index is 14.6. The second-order valence-corrected chi connectivity index (χ2v) is 9.63. The molecule has 37 heavy (non-hydrogen) atoms. The molecule has 1 aliphatic heterocycles. The van der Waals surface area contributed by atoms with E-state index in [1.54, 1.807) is 31.3 Å². The molecule has 1 fully saturated rings. The Hall–Kier alpha value is -3.43. The smallest absolute Gasteiger partial charge is 0.374 e. The van der Waals surface area contributed by atoms with E-state index in [1.807, 2.05) is 11.9 Å². The maximum Gasteiger partial charge on any atom is 0.447 e. The zero-order valence-corrected chi connectivity index (χ0v) is 21.0. The van der Waals surface area contributed by atoms with Crippen molar-refractivity contribution in [2.45, 2.75) is 29.2 Å². The van der Waals surface area contributed by atoms with Crippen LogP contribution in [-0.2, 0) is 0 Å². The summed E-state index contributed by atoms with van der Waals surface area (Å²) < 4.78 is 56.1. The molecule has 0 saturated carbocycles. The Kier molecular flexibility index (Phi) is 8.14. The third-order valence-electron chi connectivity index (χ3n) is 5.91. The van der Waals surface area contributed by atoms with Gasteiger partial charge in [0.2, 0.25) is 0 Å². The zero-order chi connectivity index (χ0) is 26.6. The number of hydrogen-bond acceptors (Lipinski definition) is 6. The predicted octanol–water partition coefficient (Wildman–Crippen LogP) is 4.22. The van der Waals surface area contributed by atoms with Crippen molar-refractivity contribution in [3.05, 3.63) is 53.9 Å². The number of nitrogens with zero attached hydrogens (tertiary/aromatic N) is 3. The number of anilines is 2. The molecule has 0 unspecified atom stereocenters. The predicted molar refractivity (Wildman–Crippen MR) is 137 cm³/mol. The SMILES string of the molecule is CNC(=O)c1ccc(NCC#Cc2cc3c(N[C@@H]4CCN(C)C[C@@H]4F)nccn3c2SC(F)(F)F)cc1. The van der Waals surface area contributed by atoms with Crippen molar-refractivity contribution in [3.8, 4) is 11.8 Å². The number of likely N-dealkylation sites (tertiary alicyclic amines) is 1. The number of fused-ring (bicyclic) bond motifs is 1. The number of carbonyl (C=O) groups is 1. The quantitative estimate of drug-likeness (QED) is 0.250. The molecule has 7 nitrogen and oxygen atoms in total. The third-order valence-corrected chi connectivity index (χ3v) is 6.75. The van der Waals surface area contributed by atoms with E-state index in [0.717, 1.165) is 0 Å². The number of hydrogen-bond donors (Lipinski definition) is 3. The number of alkyl halides is 4. The van der Waals surface area contributed by atoms with Gasteiger partial charge in [-0.3, -0.25) is 4.79 Å². The highest BCUT2D eigenvalue weighted by molar-refractivity contribution is 8.00. The first-order valence-electron chi connectivity index (χ1n) is 11.5. The van der Waals surface area contributed by atoms with Crippen LogP contribution in [0.25, 0.3) is 5.52 Å². The highest BCUT2D eigenvalue weighted by Gasteiger charge is 2.33. The molecule has 12 heteroatoms. The van der Waals surface area contributed by atoms with Gasteiger partial charge in [0.15, 0.2) is 5.82 Å². The summed E-state index contributed by atoms with van der Waals surface area (Å²) in [6.45, 7) is 1.15. The average molecular weight is 535 g/mol. The van der Waals surface area contributed by atoms with Crippen molar-refractivity contribution < 1.29 is 22.4 Å². The van der Waals surface area contributed by atoms with Crippen LogP contribution in [0.15, 0.2) is 47.8 Å². The molecule has 0 spiro atoms. The van der Waals surface area contributed by atoms with Crippen LogP contribution in [0.4, 0.5) is 29.1 Å². The van der Waals surface area contributed by atoms with Gasteiger partial charge in [-0.2, -0.15) is 13.2 Å². The summed E-state index contributed by atoms with van der Waals surface area (Å²) in [5.41, 5.74) is -2.73. The lowest BCUT2D eigenvalue weighted by molar-refractivity contribution is -0.0329. The lowest BCUT2D eigenvalue weighted by Crippen LogP contribution is -2.46. The molecule has 1 saturated heterocycles. The van der Waals surface area contributed by atoms with Crippen LogP contribution in [0.3, 0.4) is 0 Å². The van der Waals surface area contributed by atoms with Crippen molar-refractivity contribution in [2.75, 3.05) is 44.4 Å². The van der Waals surface area contributed by atoms with Gasteiger partial charge in [-0.05, 0) is 43.8 Å². The number of carbonyl (C=O) groups excluding carboxylic acids is 1. The first-order valence-corrected chi connectivity index (χ1v) is 12.4. The molecule has 0 aliphatic carbocycles. The van der Waals surface area contributed by atoms with Crippen molar-refractivity contribution in [1.82, 2.24) is 19.6 Å². The van der Waals surface area contributed by atoms with Gasteiger partial charge in [-0.15, -0.1) is 0 Å². The molecule has 2 aromatic heterocycles. The van der Waals surface area contributed by atoms with Gasteiger partial charge < -0.3 is 25.3 Å². The summed E-state index contributed by atoms with van der Waals surface area (Å²) in [6.07, 6.45) is 2.25. The Labute approximate surface area is 216 Å². The highest BCUT2D eigenvalue weighted by atomic mass is 32.2. The molecule has 0 bridgehead atoms. The number of aromatic nitrogens is 2. The molecular weight excluding hydrogens is 508 g/mol. The number of nitrogens with one attached hydrogen (secondary N) is 3. The Balaban J connectivity index is 1.56. The summed E-state index contributed by atoms with van der Waals surface area (Å²) in [7, 11) is 3.39. The van der Waals surface area contributed by atoms with Crippen LogP contribution in [0.2, 0.25) is 0 Å². The lowest BCUT2D eigenvalue weighted by atomic mass is 10.0. The molecular formula is C25H26F4N6OS. The van der Waals surface area contributed by atoms with Crippen molar-refractivity contribution >= 4 is 34.7 Å². The molecule has 1 aliphatic rings. The monoisotopic (exact) mass is 534 g/mol. The number of amides is 1. The lowest BCUT2D eigenvalue weighted by Gasteiger charge is -2.33. The normalized spacial score (nSPS) is 18.2. The van der Waals surface area contributed by atoms with E-state index < -0.39 is 17.7 Å². The van der Waals surface area contributed by atoms with Crippen LogP contribution >= 0.6 is 11.8 Å². The fourth-order valence-corrected chi connectivity index (χ4v) is 4.75. The van der Waals surface area contributed by atoms with Gasteiger partial charge in [0, 0.05) is 55.5 Å². The minimum Gasteiger partial charge on any atom is -0.374 e. The number of halogens is 4. The fraction of sp³-hybridized carbons (Fsp3) is 0.360. The fourth-order valence-electron chi connectivity index (χ4n) is 4.06. The second-order valence-electron chi connectivity index (χ2n) is 8.57. The Bertz CT molecular complexity index is 1310. The average Bonchev–Trinajstić information content (AvgIpc) is 3.20. The van der Waals surface area contributed by atoms with E-state index in [4.69, 9.17) is 0 Å². The molecule has 1 amide bonds. The van der Waals surface area contributed by atoms with Gasteiger partial charge in [-0.1, -0.05) is 11.8 Å². The summed E-state index contributed by atoms with van der Waals surface area (Å²) in [5, 5.41) is 8.60. The van der Waals surface area contributed by atoms with E-state index in [0.29, 0.717) is 35.6 Å². The first-order chi connectivity index (χ1) is 17.6. The van der Waals surface area contributed by atoms with E-state index in [2.05, 4.69) is 32.8 Å². The zero-order valence-electron chi connectivity index (χ0n) is 20.2. The molecule has 1 aromatic carbocycles. The molecule has 0 radical (unpaired) electrons. The van der Waals surface area contributed by atoms with Gasteiger partial charge in [0.05, 0.1) is 23.7 Å². The van der Waals surface area contributed by atoms with Crippen LogP contribution in [0, 0.1) is 11.8 Å². The van der Waals surface area contributed by atoms with E-state index in [1.165, 1.54) is 22.9 Å². The second kappa shape index (κ2) is 11.3. The standard InChI is InChI=1S/C25H26F4N6OS/c1-30-23(36)16-5-7-18(8-6-16)31-10-3-4-17-14-21-22(33-20-9-12-34(2)15-19(20)26)32-11-13-35(21)24(17)37-25(27,28)29/h5-8,11,13-14,19-20,31H,9-10,12,15H2,1-2H3,(H,30,36)(H,32,33)/t19-,20+/m0/s1. The van der Waals surface area contributed by atoms with Gasteiger partial charge in [0.1, 0.15) is 11.2 Å². The molecule has 196 valence electrons. The van der Waals surface area contributed by atoms with E-state index in [-0.39, 0.29) is 41.3 Å². The van der Waals surface area contributed by atoms with Crippen molar-refractivity contribution in [1.29, 1.82) is 0 Å². The Morgan fingerprint density at radius 3 is 2.70 bits per heavy atom. The minimum atomic E-state index is -4.52. The van der Waals surface area contributed by atoms with Crippen molar-refractivity contribution in [3.63, 3.8) is 0 Å². The largest absolute Gasteiger partial charge is 0.447 e. The summed E-state index contributed by atoms with van der Waals surface area (Å²) >= 11 is -0.254. The van der Waals surface area contributed by atoms with E-state index in [9.17, 15) is 22.4 Å². The third kappa shape index (κ3) is 6.67. The Morgan fingerprint density at radius 2 is 2.03 bits per heavy atom. The van der Waals surface area contributed by atoms with Crippen LogP contribution in [0.5, 0.6) is 0 Å². The molecule has 3 aromatic rings. The van der Waals surface area contributed by atoms with Gasteiger partial charge in [0.25, 0.3) is 5.91 Å². The van der Waals surface area contributed by atoms with E-state index >= 15 is 0 Å². The Morgan fingerprint density at radius 1 is 1.27 bits per heavy atom.